The molecule has 2 aromatic carbocycles. The molecule has 5 rings (SSSR count). The number of hydrogen-bond acceptors (Lipinski definition) is 2. The number of H-pyrrole nitrogens is 1. The molecule has 0 radical (unpaired) electrons. The van der Waals surface area contributed by atoms with Gasteiger partial charge in [0.15, 0.2) is 0 Å². The van der Waals surface area contributed by atoms with Gasteiger partial charge in [-0.15, -0.1) is 0 Å². The average molecular weight is 369 g/mol. The van der Waals surface area contributed by atoms with E-state index in [0.717, 1.165) is 43.7 Å². The number of imidazole rings is 1. The van der Waals surface area contributed by atoms with Gasteiger partial charge in [0.2, 0.25) is 0 Å². The Hall–Kier alpha value is -3.14. The first kappa shape index (κ1) is 17.0. The second-order valence-corrected chi connectivity index (χ2v) is 7.66. The number of benzene rings is 2. The lowest BCUT2D eigenvalue weighted by Gasteiger charge is -2.31. The number of aromatic nitrogens is 2. The number of carbonyl (C=O) groups excluding carboxylic acids is 1. The largest absolute Gasteiger partial charge is 0.348 e. The molecule has 1 aliphatic carbocycles. The van der Waals surface area contributed by atoms with E-state index < -0.39 is 0 Å². The number of carbonyl (C=O) groups is 1. The van der Waals surface area contributed by atoms with Crippen molar-refractivity contribution in [2.75, 3.05) is 13.1 Å². The maximum absolute atomic E-state index is 12.9. The molecule has 4 heteroatoms. The molecule has 0 bridgehead atoms. The van der Waals surface area contributed by atoms with Crippen molar-refractivity contribution in [1.29, 1.82) is 0 Å². The van der Waals surface area contributed by atoms with E-state index in [1.165, 1.54) is 22.3 Å². The Labute approximate surface area is 164 Å². The number of hydrogen-bond donors (Lipinski definition) is 1. The van der Waals surface area contributed by atoms with Crippen LogP contribution in [0.3, 0.4) is 0 Å². The van der Waals surface area contributed by atoms with Crippen LogP contribution in [0, 0.1) is 0 Å². The van der Waals surface area contributed by atoms with Gasteiger partial charge in [0.05, 0.1) is 0 Å². The van der Waals surface area contributed by atoms with Crippen LogP contribution < -0.4 is 0 Å². The minimum absolute atomic E-state index is 0.133. The molecule has 0 unspecified atom stereocenters. The molecule has 3 aromatic rings. The third-order valence-electron chi connectivity index (χ3n) is 5.96. The molecule has 1 aliphatic heterocycles. The van der Waals surface area contributed by atoms with Crippen LogP contribution in [-0.2, 0) is 6.42 Å². The molecule has 2 heterocycles. The standard InChI is InChI=1S/C24H23N3O/c28-24(27-13-9-18(10-14-27)23-25-11-12-26-23)19-7-5-17(6-8-19)22-15-20-3-1-2-4-21(20)16-22/h1-8,11-12,15,18H,9-10,13-14,16H2,(H,25,26). The first-order chi connectivity index (χ1) is 13.8. The monoisotopic (exact) mass is 369 g/mol. The highest BCUT2D eigenvalue weighted by molar-refractivity contribution is 5.95. The van der Waals surface area contributed by atoms with Gasteiger partial charge in [0, 0.05) is 37.0 Å². The maximum Gasteiger partial charge on any atom is 0.253 e. The molecule has 0 spiro atoms. The van der Waals surface area contributed by atoms with E-state index in [9.17, 15) is 4.79 Å². The van der Waals surface area contributed by atoms with E-state index in [0.29, 0.717) is 5.92 Å². The zero-order valence-corrected chi connectivity index (χ0v) is 15.8. The molecule has 4 nitrogen and oxygen atoms in total. The smallest absolute Gasteiger partial charge is 0.253 e. The Morgan fingerprint density at radius 2 is 1.82 bits per heavy atom. The second-order valence-electron chi connectivity index (χ2n) is 7.66. The highest BCUT2D eigenvalue weighted by Crippen LogP contribution is 2.32. The molecule has 0 atom stereocenters. The molecule has 140 valence electrons. The number of rotatable bonds is 3. The number of aromatic amines is 1. The molecule has 1 N–H and O–H groups in total. The molecule has 1 amide bonds. The normalized spacial score (nSPS) is 16.7. The third-order valence-corrected chi connectivity index (χ3v) is 5.96. The van der Waals surface area contributed by atoms with Gasteiger partial charge in [0.25, 0.3) is 5.91 Å². The lowest BCUT2D eigenvalue weighted by Crippen LogP contribution is -2.38. The predicted molar refractivity (Wildman–Crippen MR) is 111 cm³/mol. The van der Waals surface area contributed by atoms with Crippen molar-refractivity contribution < 1.29 is 4.79 Å². The summed E-state index contributed by atoms with van der Waals surface area (Å²) >= 11 is 0. The molecule has 1 aromatic heterocycles. The van der Waals surface area contributed by atoms with Crippen LogP contribution in [0.25, 0.3) is 11.6 Å². The molecular weight excluding hydrogens is 346 g/mol. The van der Waals surface area contributed by atoms with Crippen molar-refractivity contribution >= 4 is 17.6 Å². The predicted octanol–water partition coefficient (Wildman–Crippen LogP) is 4.53. The topological polar surface area (TPSA) is 49.0 Å². The lowest BCUT2D eigenvalue weighted by atomic mass is 9.95. The Morgan fingerprint density at radius 3 is 2.54 bits per heavy atom. The number of likely N-dealkylation sites (tertiary alicyclic amines) is 1. The average Bonchev–Trinajstić information content (AvgIpc) is 3.43. The zero-order chi connectivity index (χ0) is 18.9. The summed E-state index contributed by atoms with van der Waals surface area (Å²) in [6, 6.07) is 16.6. The zero-order valence-electron chi connectivity index (χ0n) is 15.8. The third kappa shape index (κ3) is 3.15. The van der Waals surface area contributed by atoms with Gasteiger partial charge in [0.1, 0.15) is 5.82 Å². The van der Waals surface area contributed by atoms with Crippen molar-refractivity contribution in [3.05, 3.63) is 89.0 Å². The molecular formula is C24H23N3O. The number of nitrogens with zero attached hydrogens (tertiary/aromatic N) is 2. The van der Waals surface area contributed by atoms with Crippen LogP contribution in [0.4, 0.5) is 0 Å². The minimum atomic E-state index is 0.133. The quantitative estimate of drug-likeness (QED) is 0.738. The van der Waals surface area contributed by atoms with Gasteiger partial charge in [-0.05, 0) is 53.7 Å². The minimum Gasteiger partial charge on any atom is -0.348 e. The van der Waals surface area contributed by atoms with Crippen LogP contribution in [0.15, 0.2) is 60.9 Å². The molecule has 0 saturated carbocycles. The SMILES string of the molecule is O=C(c1ccc(C2=Cc3ccccc3C2)cc1)N1CCC(c2ncc[nH]2)CC1. The number of amides is 1. The summed E-state index contributed by atoms with van der Waals surface area (Å²) in [4.78, 5) is 22.4. The van der Waals surface area contributed by atoms with Crippen molar-refractivity contribution in [3.8, 4) is 0 Å². The fourth-order valence-corrected chi connectivity index (χ4v) is 4.33. The highest BCUT2D eigenvalue weighted by atomic mass is 16.2. The van der Waals surface area contributed by atoms with E-state index in [1.54, 1.807) is 6.20 Å². The van der Waals surface area contributed by atoms with E-state index >= 15 is 0 Å². The number of piperidine rings is 1. The summed E-state index contributed by atoms with van der Waals surface area (Å²) in [6.07, 6.45) is 8.81. The molecule has 1 fully saturated rings. The van der Waals surface area contributed by atoms with Crippen molar-refractivity contribution in [2.24, 2.45) is 0 Å². The summed E-state index contributed by atoms with van der Waals surface area (Å²) in [6.45, 7) is 1.57. The number of allylic oxidation sites excluding steroid dienone is 1. The Balaban J connectivity index is 1.25. The summed E-state index contributed by atoms with van der Waals surface area (Å²) in [5.74, 6) is 1.60. The van der Waals surface area contributed by atoms with Crippen LogP contribution in [0.1, 0.15) is 51.6 Å². The van der Waals surface area contributed by atoms with Gasteiger partial charge in [-0.2, -0.15) is 0 Å². The fraction of sp³-hybridized carbons (Fsp3) is 0.250. The van der Waals surface area contributed by atoms with Crippen LogP contribution >= 0.6 is 0 Å². The first-order valence-corrected chi connectivity index (χ1v) is 9.95. The summed E-state index contributed by atoms with van der Waals surface area (Å²) in [7, 11) is 0. The summed E-state index contributed by atoms with van der Waals surface area (Å²) in [5, 5.41) is 0. The van der Waals surface area contributed by atoms with Gasteiger partial charge < -0.3 is 9.88 Å². The molecule has 28 heavy (non-hydrogen) atoms. The van der Waals surface area contributed by atoms with Gasteiger partial charge in [-0.25, -0.2) is 4.98 Å². The second kappa shape index (κ2) is 7.12. The lowest BCUT2D eigenvalue weighted by molar-refractivity contribution is 0.0711. The Morgan fingerprint density at radius 1 is 1.04 bits per heavy atom. The van der Waals surface area contributed by atoms with Crippen LogP contribution in [-0.4, -0.2) is 33.9 Å². The van der Waals surface area contributed by atoms with E-state index in [1.807, 2.05) is 23.2 Å². The number of fused-ring (bicyclic) bond motifs is 1. The van der Waals surface area contributed by atoms with E-state index in [4.69, 9.17) is 0 Å². The Kier molecular flexibility index (Phi) is 4.32. The highest BCUT2D eigenvalue weighted by Gasteiger charge is 2.25. The van der Waals surface area contributed by atoms with E-state index in [-0.39, 0.29) is 5.91 Å². The molecule has 2 aliphatic rings. The fourth-order valence-electron chi connectivity index (χ4n) is 4.33. The van der Waals surface area contributed by atoms with Crippen molar-refractivity contribution in [2.45, 2.75) is 25.2 Å². The molecule has 1 saturated heterocycles. The summed E-state index contributed by atoms with van der Waals surface area (Å²) in [5.41, 5.74) is 5.97. The number of nitrogens with one attached hydrogen (secondary N) is 1. The maximum atomic E-state index is 12.9. The first-order valence-electron chi connectivity index (χ1n) is 9.95. The van der Waals surface area contributed by atoms with Gasteiger partial charge >= 0.3 is 0 Å². The van der Waals surface area contributed by atoms with Gasteiger partial charge in [-0.3, -0.25) is 4.79 Å². The summed E-state index contributed by atoms with van der Waals surface area (Å²) < 4.78 is 0. The van der Waals surface area contributed by atoms with Crippen LogP contribution in [0.5, 0.6) is 0 Å². The van der Waals surface area contributed by atoms with Crippen LogP contribution in [0.2, 0.25) is 0 Å². The van der Waals surface area contributed by atoms with Crippen molar-refractivity contribution in [3.63, 3.8) is 0 Å². The van der Waals surface area contributed by atoms with E-state index in [2.05, 4.69) is 52.4 Å². The Bertz CT molecular complexity index is 1010. The van der Waals surface area contributed by atoms with Crippen molar-refractivity contribution in [1.82, 2.24) is 14.9 Å². The van der Waals surface area contributed by atoms with Gasteiger partial charge in [-0.1, -0.05) is 42.5 Å².